The lowest BCUT2D eigenvalue weighted by Gasteiger charge is -2.12. The van der Waals surface area contributed by atoms with Crippen molar-refractivity contribution in [3.63, 3.8) is 0 Å². The highest BCUT2D eigenvalue weighted by atomic mass is 32.2. The number of nitrogens with one attached hydrogen (secondary N) is 1. The third kappa shape index (κ3) is 3.85. The maximum Gasteiger partial charge on any atom is 0.260 e. The number of hydrogen-bond donors (Lipinski definition) is 1. The van der Waals surface area contributed by atoms with Crippen LogP contribution in [0.4, 0.5) is 5.69 Å². The van der Waals surface area contributed by atoms with Gasteiger partial charge in [-0.25, -0.2) is 15.0 Å². The van der Waals surface area contributed by atoms with Crippen LogP contribution in [-0.2, 0) is 13.0 Å². The standard InChI is InChI=1S/C23H23N5OS2/c1-14-20(23(30-2)27-21(24-14)18-7-6-12-31-18)22(29)25-15-9-10-17-16(13-15)26-19-8-4-3-5-11-28(17)19/h6-7,9-10,12-13H,3-5,8,11H2,1-2H3,(H,25,29). The van der Waals surface area contributed by atoms with Crippen molar-refractivity contribution in [2.45, 2.75) is 44.2 Å². The highest BCUT2D eigenvalue weighted by Crippen LogP contribution is 2.29. The van der Waals surface area contributed by atoms with E-state index >= 15 is 0 Å². The van der Waals surface area contributed by atoms with Gasteiger partial charge in [-0.15, -0.1) is 23.1 Å². The first kappa shape index (κ1) is 20.2. The molecule has 0 radical (unpaired) electrons. The Labute approximate surface area is 189 Å². The molecule has 6 nitrogen and oxygen atoms in total. The van der Waals surface area contributed by atoms with Crippen molar-refractivity contribution in [1.29, 1.82) is 0 Å². The van der Waals surface area contributed by atoms with Crippen LogP contribution in [0.3, 0.4) is 0 Å². The summed E-state index contributed by atoms with van der Waals surface area (Å²) < 4.78 is 2.32. The number of rotatable bonds is 4. The van der Waals surface area contributed by atoms with E-state index in [0.717, 1.165) is 40.4 Å². The van der Waals surface area contributed by atoms with E-state index in [0.29, 0.717) is 22.1 Å². The smallest absolute Gasteiger partial charge is 0.260 e. The third-order valence-electron chi connectivity index (χ3n) is 5.59. The minimum Gasteiger partial charge on any atom is -0.328 e. The number of aromatic nitrogens is 4. The summed E-state index contributed by atoms with van der Waals surface area (Å²) in [5.41, 5.74) is 4.00. The Hall–Kier alpha value is -2.71. The molecular formula is C23H23N5OS2. The third-order valence-corrected chi connectivity index (χ3v) is 7.13. The molecule has 8 heteroatoms. The second kappa shape index (κ2) is 8.43. The molecule has 0 saturated heterocycles. The largest absolute Gasteiger partial charge is 0.328 e. The van der Waals surface area contributed by atoms with E-state index in [1.165, 1.54) is 31.0 Å². The highest BCUT2D eigenvalue weighted by Gasteiger charge is 2.20. The summed E-state index contributed by atoms with van der Waals surface area (Å²) in [7, 11) is 0. The van der Waals surface area contributed by atoms with Gasteiger partial charge >= 0.3 is 0 Å². The quantitative estimate of drug-likeness (QED) is 0.326. The molecule has 3 aromatic heterocycles. The Balaban J connectivity index is 1.45. The van der Waals surface area contributed by atoms with Crippen LogP contribution in [0.1, 0.15) is 41.1 Å². The van der Waals surface area contributed by atoms with E-state index in [1.807, 2.05) is 42.8 Å². The second-order valence-electron chi connectivity index (χ2n) is 7.64. The maximum atomic E-state index is 13.2. The average Bonchev–Trinajstić information content (AvgIpc) is 3.35. The number of thiophene rings is 1. The number of anilines is 1. The Kier molecular flexibility index (Phi) is 5.50. The Morgan fingerprint density at radius 1 is 1.16 bits per heavy atom. The molecule has 158 valence electrons. The van der Waals surface area contributed by atoms with Gasteiger partial charge in [0.05, 0.1) is 27.2 Å². The number of aryl methyl sites for hydroxylation is 3. The van der Waals surface area contributed by atoms with Gasteiger partial charge in [0.1, 0.15) is 10.9 Å². The van der Waals surface area contributed by atoms with Crippen LogP contribution < -0.4 is 5.32 Å². The summed E-state index contributed by atoms with van der Waals surface area (Å²) in [5, 5.41) is 5.72. The molecule has 0 saturated carbocycles. The number of thioether (sulfide) groups is 1. The van der Waals surface area contributed by atoms with Crippen molar-refractivity contribution in [3.8, 4) is 10.7 Å². The molecule has 31 heavy (non-hydrogen) atoms. The lowest BCUT2D eigenvalue weighted by molar-refractivity contribution is 0.102. The van der Waals surface area contributed by atoms with Crippen LogP contribution in [-0.4, -0.2) is 31.7 Å². The molecule has 4 aromatic rings. The van der Waals surface area contributed by atoms with Gasteiger partial charge in [0, 0.05) is 18.7 Å². The monoisotopic (exact) mass is 449 g/mol. The molecule has 1 aliphatic heterocycles. The summed E-state index contributed by atoms with van der Waals surface area (Å²) >= 11 is 3.05. The van der Waals surface area contributed by atoms with Crippen LogP contribution in [0.25, 0.3) is 21.7 Å². The fraction of sp³-hybridized carbons (Fsp3) is 0.304. The van der Waals surface area contributed by atoms with Gasteiger partial charge in [-0.1, -0.05) is 12.5 Å². The first-order valence-electron chi connectivity index (χ1n) is 10.4. The summed E-state index contributed by atoms with van der Waals surface area (Å²) in [6, 6.07) is 9.94. The number of carbonyl (C=O) groups excluding carboxylic acids is 1. The van der Waals surface area contributed by atoms with Crippen molar-refractivity contribution >= 4 is 45.7 Å². The molecule has 0 bridgehead atoms. The van der Waals surface area contributed by atoms with Gasteiger partial charge in [-0.3, -0.25) is 4.79 Å². The summed E-state index contributed by atoms with van der Waals surface area (Å²) in [6.07, 6.45) is 6.57. The molecule has 0 spiro atoms. The van der Waals surface area contributed by atoms with Gasteiger partial charge < -0.3 is 9.88 Å². The summed E-state index contributed by atoms with van der Waals surface area (Å²) in [5.74, 6) is 1.61. The van der Waals surface area contributed by atoms with Crippen LogP contribution in [0, 0.1) is 6.92 Å². The van der Waals surface area contributed by atoms with E-state index in [2.05, 4.69) is 25.9 Å². The first-order valence-corrected chi connectivity index (χ1v) is 12.5. The fourth-order valence-electron chi connectivity index (χ4n) is 4.09. The lowest BCUT2D eigenvalue weighted by Crippen LogP contribution is -2.16. The van der Waals surface area contributed by atoms with Crippen molar-refractivity contribution in [1.82, 2.24) is 19.5 Å². The molecule has 1 amide bonds. The minimum absolute atomic E-state index is 0.195. The number of nitrogens with zero attached hydrogens (tertiary/aromatic N) is 4. The van der Waals surface area contributed by atoms with Gasteiger partial charge in [-0.2, -0.15) is 0 Å². The molecule has 0 aliphatic carbocycles. The highest BCUT2D eigenvalue weighted by molar-refractivity contribution is 7.98. The SMILES string of the molecule is CSc1nc(-c2cccs2)nc(C)c1C(=O)Nc1ccc2c(c1)nc1n2CCCCC1. The topological polar surface area (TPSA) is 72.7 Å². The van der Waals surface area contributed by atoms with Crippen molar-refractivity contribution in [2.75, 3.05) is 11.6 Å². The van der Waals surface area contributed by atoms with Gasteiger partial charge in [0.2, 0.25) is 0 Å². The zero-order valence-corrected chi connectivity index (χ0v) is 19.1. The first-order chi connectivity index (χ1) is 15.1. The number of imidazole rings is 1. The summed E-state index contributed by atoms with van der Waals surface area (Å²) in [6.45, 7) is 2.88. The molecule has 1 aromatic carbocycles. The number of carbonyl (C=O) groups is 1. The van der Waals surface area contributed by atoms with E-state index < -0.39 is 0 Å². The van der Waals surface area contributed by atoms with Crippen LogP contribution in [0.15, 0.2) is 40.7 Å². The number of amides is 1. The number of benzene rings is 1. The normalized spacial score (nSPS) is 13.7. The Morgan fingerprint density at radius 2 is 2.06 bits per heavy atom. The molecule has 5 rings (SSSR count). The molecule has 0 fully saturated rings. The van der Waals surface area contributed by atoms with E-state index in [9.17, 15) is 4.79 Å². The number of hydrogen-bond acceptors (Lipinski definition) is 6. The second-order valence-corrected chi connectivity index (χ2v) is 9.38. The predicted molar refractivity (Wildman–Crippen MR) is 127 cm³/mol. The van der Waals surface area contributed by atoms with Crippen LogP contribution in [0.2, 0.25) is 0 Å². The zero-order valence-electron chi connectivity index (χ0n) is 17.5. The maximum absolute atomic E-state index is 13.2. The van der Waals surface area contributed by atoms with E-state index in [4.69, 9.17) is 4.98 Å². The van der Waals surface area contributed by atoms with Gasteiger partial charge in [0.25, 0.3) is 5.91 Å². The zero-order chi connectivity index (χ0) is 21.4. The minimum atomic E-state index is -0.195. The van der Waals surface area contributed by atoms with Crippen molar-refractivity contribution in [2.24, 2.45) is 0 Å². The Morgan fingerprint density at radius 3 is 2.87 bits per heavy atom. The molecule has 0 unspecified atom stereocenters. The number of fused-ring (bicyclic) bond motifs is 3. The van der Waals surface area contributed by atoms with Crippen LogP contribution >= 0.6 is 23.1 Å². The molecular weight excluding hydrogens is 426 g/mol. The Bertz CT molecular complexity index is 1260. The average molecular weight is 450 g/mol. The van der Waals surface area contributed by atoms with E-state index in [1.54, 1.807) is 11.3 Å². The van der Waals surface area contributed by atoms with E-state index in [-0.39, 0.29) is 5.91 Å². The molecule has 1 aliphatic rings. The van der Waals surface area contributed by atoms with Gasteiger partial charge in [-0.05, 0) is 55.7 Å². The molecule has 4 heterocycles. The van der Waals surface area contributed by atoms with Crippen LogP contribution in [0.5, 0.6) is 0 Å². The summed E-state index contributed by atoms with van der Waals surface area (Å²) in [4.78, 5) is 28.2. The van der Waals surface area contributed by atoms with Gasteiger partial charge in [0.15, 0.2) is 5.82 Å². The fourth-order valence-corrected chi connectivity index (χ4v) is 5.37. The lowest BCUT2D eigenvalue weighted by atomic mass is 10.2. The van der Waals surface area contributed by atoms with Crippen molar-refractivity contribution in [3.05, 3.63) is 52.8 Å². The molecule has 1 N–H and O–H groups in total. The molecule has 0 atom stereocenters. The predicted octanol–water partition coefficient (Wildman–Crippen LogP) is 5.56. The van der Waals surface area contributed by atoms with Crippen molar-refractivity contribution < 1.29 is 4.79 Å².